The third-order valence-corrected chi connectivity index (χ3v) is 1.11. The molecule has 0 atom stereocenters. The first kappa shape index (κ1) is 9.89. The zero-order valence-electron chi connectivity index (χ0n) is 6.86. The summed E-state index contributed by atoms with van der Waals surface area (Å²) < 4.78 is 0. The molecule has 1 heteroatoms. The fourth-order valence-electron chi connectivity index (χ4n) is 0.579. The third kappa shape index (κ3) is 8.89. The highest BCUT2D eigenvalue weighted by Crippen LogP contribution is 1.88. The lowest BCUT2D eigenvalue weighted by Crippen LogP contribution is -1.59. The van der Waals surface area contributed by atoms with E-state index < -0.39 is 0 Å². The summed E-state index contributed by atoms with van der Waals surface area (Å²) in [5.74, 6) is 0. The highest BCUT2D eigenvalue weighted by Gasteiger charge is 1.68. The van der Waals surface area contributed by atoms with E-state index in [1.165, 1.54) is 12.5 Å². The molecular formula is C10H14O. The van der Waals surface area contributed by atoms with E-state index in [0.29, 0.717) is 0 Å². The van der Waals surface area contributed by atoms with Gasteiger partial charge in [0.2, 0.25) is 0 Å². The van der Waals surface area contributed by atoms with E-state index in [1.807, 2.05) is 18.2 Å². The minimum absolute atomic E-state index is 0.764. The molecule has 0 aliphatic heterocycles. The zero-order chi connectivity index (χ0) is 8.36. The Morgan fingerprint density at radius 2 is 1.64 bits per heavy atom. The molecule has 0 amide bonds. The molecule has 0 saturated carbocycles. The molecule has 60 valence electrons. The molecule has 0 saturated heterocycles. The number of carbonyl (C=O) groups excluding carboxylic acids is 1. The smallest absolute Gasteiger partial charge is 0.142 e. The van der Waals surface area contributed by atoms with Crippen molar-refractivity contribution in [1.82, 2.24) is 0 Å². The lowest BCUT2D eigenvalue weighted by atomic mass is 10.3. The lowest BCUT2D eigenvalue weighted by molar-refractivity contribution is -0.104. The fourth-order valence-corrected chi connectivity index (χ4v) is 0.579. The molecule has 0 bridgehead atoms. The van der Waals surface area contributed by atoms with E-state index >= 15 is 0 Å². The van der Waals surface area contributed by atoms with Crippen molar-refractivity contribution < 1.29 is 4.79 Å². The van der Waals surface area contributed by atoms with Gasteiger partial charge in [-0.25, -0.2) is 0 Å². The second-order valence-electron chi connectivity index (χ2n) is 2.12. The monoisotopic (exact) mass is 150 g/mol. The van der Waals surface area contributed by atoms with Crippen LogP contribution >= 0.6 is 0 Å². The van der Waals surface area contributed by atoms with Crippen LogP contribution in [0.25, 0.3) is 0 Å². The normalized spacial score (nSPS) is 12.1. The Balaban J connectivity index is 3.42. The molecule has 0 aromatic rings. The van der Waals surface area contributed by atoms with Crippen LogP contribution in [0.15, 0.2) is 36.5 Å². The summed E-state index contributed by atoms with van der Waals surface area (Å²) >= 11 is 0. The van der Waals surface area contributed by atoms with Crippen LogP contribution in [0.3, 0.4) is 0 Å². The van der Waals surface area contributed by atoms with E-state index in [1.54, 1.807) is 6.08 Å². The Labute approximate surface area is 68.1 Å². The number of rotatable bonds is 5. The maximum Gasteiger partial charge on any atom is 0.142 e. The minimum atomic E-state index is 0.764. The maximum absolute atomic E-state index is 9.80. The Morgan fingerprint density at radius 3 is 2.27 bits per heavy atom. The highest BCUT2D eigenvalue weighted by molar-refractivity contribution is 5.65. The van der Waals surface area contributed by atoms with Gasteiger partial charge in [0, 0.05) is 0 Å². The molecule has 0 radical (unpaired) electrons. The van der Waals surface area contributed by atoms with Gasteiger partial charge < -0.3 is 0 Å². The van der Waals surface area contributed by atoms with E-state index in [9.17, 15) is 4.79 Å². The topological polar surface area (TPSA) is 17.1 Å². The fraction of sp³-hybridized carbons (Fsp3) is 0.300. The van der Waals surface area contributed by atoms with Gasteiger partial charge in [-0.05, 0) is 12.5 Å². The van der Waals surface area contributed by atoms with Gasteiger partial charge in [0.1, 0.15) is 6.29 Å². The van der Waals surface area contributed by atoms with Crippen molar-refractivity contribution in [3.63, 3.8) is 0 Å². The van der Waals surface area contributed by atoms with Crippen molar-refractivity contribution in [3.05, 3.63) is 36.5 Å². The minimum Gasteiger partial charge on any atom is -0.299 e. The predicted molar refractivity (Wildman–Crippen MR) is 48.4 cm³/mol. The molecule has 0 fully saturated rings. The van der Waals surface area contributed by atoms with Gasteiger partial charge in [0.15, 0.2) is 0 Å². The molecule has 0 spiro atoms. The Kier molecular flexibility index (Phi) is 7.99. The van der Waals surface area contributed by atoms with Gasteiger partial charge in [-0.15, -0.1) is 0 Å². The largest absolute Gasteiger partial charge is 0.299 e. The molecule has 0 N–H and O–H groups in total. The van der Waals surface area contributed by atoms with Crippen molar-refractivity contribution in [2.75, 3.05) is 0 Å². The van der Waals surface area contributed by atoms with Crippen LogP contribution in [-0.4, -0.2) is 6.29 Å². The van der Waals surface area contributed by atoms with Crippen molar-refractivity contribution in [3.8, 4) is 0 Å². The van der Waals surface area contributed by atoms with Crippen LogP contribution in [0.4, 0.5) is 0 Å². The average molecular weight is 150 g/mol. The summed E-state index contributed by atoms with van der Waals surface area (Å²) in [4.78, 5) is 9.80. The van der Waals surface area contributed by atoms with Crippen molar-refractivity contribution >= 4 is 6.29 Å². The summed E-state index contributed by atoms with van der Waals surface area (Å²) in [5.41, 5.74) is 0. The first-order valence-electron chi connectivity index (χ1n) is 3.85. The van der Waals surface area contributed by atoms with Gasteiger partial charge in [0.25, 0.3) is 0 Å². The molecular weight excluding hydrogens is 136 g/mol. The number of hydrogen-bond acceptors (Lipinski definition) is 1. The van der Waals surface area contributed by atoms with E-state index in [-0.39, 0.29) is 0 Å². The first-order valence-corrected chi connectivity index (χ1v) is 3.85. The molecule has 0 aliphatic carbocycles. The molecule has 11 heavy (non-hydrogen) atoms. The summed E-state index contributed by atoms with van der Waals surface area (Å²) in [6, 6.07) is 0. The molecule has 1 nitrogen and oxygen atoms in total. The van der Waals surface area contributed by atoms with Gasteiger partial charge >= 0.3 is 0 Å². The number of allylic oxidation sites excluding steroid dienone is 6. The van der Waals surface area contributed by atoms with Gasteiger partial charge in [-0.3, -0.25) is 4.79 Å². The third-order valence-electron chi connectivity index (χ3n) is 1.11. The number of hydrogen-bond donors (Lipinski definition) is 0. The molecule has 0 heterocycles. The Morgan fingerprint density at radius 1 is 1.00 bits per heavy atom. The predicted octanol–water partition coefficient (Wildman–Crippen LogP) is 2.65. The second-order valence-corrected chi connectivity index (χ2v) is 2.12. The van der Waals surface area contributed by atoms with E-state index in [2.05, 4.69) is 13.0 Å². The average Bonchev–Trinajstić information content (AvgIpc) is 2.03. The quantitative estimate of drug-likeness (QED) is 0.334. The standard InChI is InChI=1S/C10H14O/c1-2-3-4-5-6-7-8-9-10-11/h4-10H,2-3H2,1H3/b5-4-,7-6+,9-8+. The van der Waals surface area contributed by atoms with Crippen molar-refractivity contribution in [2.45, 2.75) is 19.8 Å². The van der Waals surface area contributed by atoms with Crippen LogP contribution in [0.2, 0.25) is 0 Å². The Bertz CT molecular complexity index is 164. The Hall–Kier alpha value is -1.11. The summed E-state index contributed by atoms with van der Waals surface area (Å²) in [6.07, 6.45) is 14.1. The molecule has 0 aromatic carbocycles. The lowest BCUT2D eigenvalue weighted by Gasteiger charge is -1.78. The van der Waals surface area contributed by atoms with E-state index in [0.717, 1.165) is 12.7 Å². The van der Waals surface area contributed by atoms with Crippen LogP contribution in [0, 0.1) is 0 Å². The molecule has 0 aromatic heterocycles. The number of unbranched alkanes of at least 4 members (excludes halogenated alkanes) is 1. The molecule has 0 aliphatic rings. The SMILES string of the molecule is CCC\C=C/C=C/C=C/C=O. The van der Waals surface area contributed by atoms with Gasteiger partial charge in [0.05, 0.1) is 0 Å². The maximum atomic E-state index is 9.80. The van der Waals surface area contributed by atoms with Crippen molar-refractivity contribution in [2.24, 2.45) is 0 Å². The molecule has 0 unspecified atom stereocenters. The first-order chi connectivity index (χ1) is 5.41. The van der Waals surface area contributed by atoms with E-state index in [4.69, 9.17) is 0 Å². The molecule has 0 rings (SSSR count). The summed E-state index contributed by atoms with van der Waals surface area (Å²) in [5, 5.41) is 0. The van der Waals surface area contributed by atoms with Gasteiger partial charge in [-0.1, -0.05) is 43.7 Å². The number of carbonyl (C=O) groups is 1. The van der Waals surface area contributed by atoms with Crippen LogP contribution in [0.5, 0.6) is 0 Å². The second kappa shape index (κ2) is 8.89. The van der Waals surface area contributed by atoms with Crippen LogP contribution in [0.1, 0.15) is 19.8 Å². The van der Waals surface area contributed by atoms with Gasteiger partial charge in [-0.2, -0.15) is 0 Å². The highest BCUT2D eigenvalue weighted by atomic mass is 16.1. The van der Waals surface area contributed by atoms with Crippen LogP contribution < -0.4 is 0 Å². The van der Waals surface area contributed by atoms with Crippen LogP contribution in [-0.2, 0) is 4.79 Å². The summed E-state index contributed by atoms with van der Waals surface area (Å²) in [6.45, 7) is 2.14. The van der Waals surface area contributed by atoms with Crippen molar-refractivity contribution in [1.29, 1.82) is 0 Å². The zero-order valence-corrected chi connectivity index (χ0v) is 6.86. The number of aldehydes is 1. The summed E-state index contributed by atoms with van der Waals surface area (Å²) in [7, 11) is 0.